The predicted molar refractivity (Wildman–Crippen MR) is 46.5 cm³/mol. The maximum atomic E-state index is 10.8. The maximum absolute atomic E-state index is 10.8. The van der Waals surface area contributed by atoms with Crippen molar-refractivity contribution in [2.24, 2.45) is 5.92 Å². The van der Waals surface area contributed by atoms with Gasteiger partial charge in [-0.05, 0) is 25.2 Å². The molecular formula is C9H15NO3. The molecule has 1 heterocycles. The van der Waals surface area contributed by atoms with Crippen molar-refractivity contribution < 1.29 is 15.0 Å². The van der Waals surface area contributed by atoms with Gasteiger partial charge in [0, 0.05) is 6.54 Å². The van der Waals surface area contributed by atoms with Crippen LogP contribution >= 0.6 is 0 Å². The first kappa shape index (κ1) is 8.81. The third-order valence-electron chi connectivity index (χ3n) is 3.30. The van der Waals surface area contributed by atoms with Crippen LogP contribution in [0.4, 0.5) is 4.79 Å². The fourth-order valence-electron chi connectivity index (χ4n) is 2.70. The van der Waals surface area contributed by atoms with E-state index in [-0.39, 0.29) is 6.04 Å². The second-order valence-corrected chi connectivity index (χ2v) is 4.01. The summed E-state index contributed by atoms with van der Waals surface area (Å²) in [5, 5.41) is 18.6. The number of aliphatic hydroxyl groups is 1. The van der Waals surface area contributed by atoms with Crippen molar-refractivity contribution in [3.05, 3.63) is 0 Å². The minimum absolute atomic E-state index is 0.119. The van der Waals surface area contributed by atoms with Gasteiger partial charge in [-0.3, -0.25) is 0 Å². The van der Waals surface area contributed by atoms with E-state index >= 15 is 0 Å². The number of nitrogens with zero attached hydrogens (tertiary/aromatic N) is 1. The number of amides is 1. The Morgan fingerprint density at radius 2 is 2.08 bits per heavy atom. The molecule has 1 amide bonds. The number of fused-ring (bicyclic) bond motifs is 1. The van der Waals surface area contributed by atoms with Gasteiger partial charge in [-0.1, -0.05) is 6.42 Å². The van der Waals surface area contributed by atoms with Crippen molar-refractivity contribution in [1.29, 1.82) is 0 Å². The molecule has 0 aromatic heterocycles. The van der Waals surface area contributed by atoms with E-state index < -0.39 is 12.2 Å². The number of rotatable bonds is 0. The molecule has 0 spiro atoms. The van der Waals surface area contributed by atoms with Crippen LogP contribution in [0.1, 0.15) is 25.7 Å². The van der Waals surface area contributed by atoms with E-state index in [9.17, 15) is 9.90 Å². The maximum Gasteiger partial charge on any atom is 0.407 e. The minimum Gasteiger partial charge on any atom is -0.465 e. The van der Waals surface area contributed by atoms with Crippen LogP contribution in [0.2, 0.25) is 0 Å². The lowest BCUT2D eigenvalue weighted by Crippen LogP contribution is -2.46. The highest BCUT2D eigenvalue weighted by Crippen LogP contribution is 2.36. The number of carbonyl (C=O) groups is 1. The van der Waals surface area contributed by atoms with Crippen molar-refractivity contribution >= 4 is 6.09 Å². The second-order valence-electron chi connectivity index (χ2n) is 4.01. The average molecular weight is 185 g/mol. The Hall–Kier alpha value is -0.770. The van der Waals surface area contributed by atoms with Gasteiger partial charge in [0.05, 0.1) is 12.1 Å². The SMILES string of the molecule is O=C(O)N1CCC2CCCC(O)C21. The fourth-order valence-corrected chi connectivity index (χ4v) is 2.70. The van der Waals surface area contributed by atoms with Crippen molar-refractivity contribution in [2.45, 2.75) is 37.8 Å². The highest BCUT2D eigenvalue weighted by atomic mass is 16.4. The van der Waals surface area contributed by atoms with Crippen molar-refractivity contribution in [3.8, 4) is 0 Å². The van der Waals surface area contributed by atoms with Crippen molar-refractivity contribution in [1.82, 2.24) is 4.90 Å². The molecule has 3 atom stereocenters. The lowest BCUT2D eigenvalue weighted by atomic mass is 9.83. The van der Waals surface area contributed by atoms with Gasteiger partial charge < -0.3 is 15.1 Å². The summed E-state index contributed by atoms with van der Waals surface area (Å²) in [6, 6.07) is -0.119. The lowest BCUT2D eigenvalue weighted by Gasteiger charge is -2.34. The Bertz CT molecular complexity index is 219. The summed E-state index contributed by atoms with van der Waals surface area (Å²) in [6.45, 7) is 0.599. The van der Waals surface area contributed by atoms with Crippen LogP contribution in [0.5, 0.6) is 0 Å². The van der Waals surface area contributed by atoms with Crippen LogP contribution in [-0.4, -0.2) is 39.9 Å². The summed E-state index contributed by atoms with van der Waals surface area (Å²) in [4.78, 5) is 12.2. The van der Waals surface area contributed by atoms with Gasteiger partial charge in [0.1, 0.15) is 0 Å². The number of likely N-dealkylation sites (tertiary alicyclic amines) is 1. The molecule has 3 unspecified atom stereocenters. The van der Waals surface area contributed by atoms with Crippen LogP contribution in [0.25, 0.3) is 0 Å². The zero-order chi connectivity index (χ0) is 9.42. The van der Waals surface area contributed by atoms with Crippen LogP contribution in [-0.2, 0) is 0 Å². The molecule has 4 heteroatoms. The first-order chi connectivity index (χ1) is 6.20. The topological polar surface area (TPSA) is 60.8 Å². The zero-order valence-corrected chi connectivity index (χ0v) is 7.52. The summed E-state index contributed by atoms with van der Waals surface area (Å²) in [7, 11) is 0. The highest BCUT2D eigenvalue weighted by molar-refractivity contribution is 5.66. The molecule has 1 aliphatic carbocycles. The van der Waals surface area contributed by atoms with E-state index in [1.807, 2.05) is 0 Å². The van der Waals surface area contributed by atoms with Gasteiger partial charge >= 0.3 is 6.09 Å². The smallest absolute Gasteiger partial charge is 0.407 e. The van der Waals surface area contributed by atoms with Crippen LogP contribution in [0, 0.1) is 5.92 Å². The average Bonchev–Trinajstić information content (AvgIpc) is 2.49. The molecule has 0 bridgehead atoms. The first-order valence-corrected chi connectivity index (χ1v) is 4.88. The van der Waals surface area contributed by atoms with Gasteiger partial charge in [0.25, 0.3) is 0 Å². The molecule has 2 aliphatic rings. The van der Waals surface area contributed by atoms with Gasteiger partial charge in [-0.25, -0.2) is 4.79 Å². The standard InChI is InChI=1S/C9H15NO3/c11-7-3-1-2-6-4-5-10(8(6)7)9(12)13/h6-8,11H,1-5H2,(H,12,13). The van der Waals surface area contributed by atoms with E-state index in [1.165, 1.54) is 4.90 Å². The van der Waals surface area contributed by atoms with E-state index in [2.05, 4.69) is 0 Å². The molecule has 0 radical (unpaired) electrons. The fraction of sp³-hybridized carbons (Fsp3) is 0.889. The molecule has 2 fully saturated rings. The zero-order valence-electron chi connectivity index (χ0n) is 7.52. The number of carboxylic acid groups (broad SMARTS) is 1. The van der Waals surface area contributed by atoms with E-state index in [0.29, 0.717) is 12.5 Å². The molecule has 1 saturated heterocycles. The Morgan fingerprint density at radius 1 is 1.31 bits per heavy atom. The molecule has 74 valence electrons. The van der Waals surface area contributed by atoms with Crippen molar-refractivity contribution in [2.75, 3.05) is 6.54 Å². The molecule has 4 nitrogen and oxygen atoms in total. The number of aliphatic hydroxyl groups excluding tert-OH is 1. The summed E-state index contributed by atoms with van der Waals surface area (Å²) >= 11 is 0. The quantitative estimate of drug-likeness (QED) is 0.589. The molecule has 13 heavy (non-hydrogen) atoms. The molecule has 0 aromatic rings. The van der Waals surface area contributed by atoms with Gasteiger partial charge in [0.15, 0.2) is 0 Å². The third kappa shape index (κ3) is 1.39. The van der Waals surface area contributed by atoms with Crippen LogP contribution < -0.4 is 0 Å². The normalized spacial score (nSPS) is 38.8. The van der Waals surface area contributed by atoms with E-state index in [4.69, 9.17) is 5.11 Å². The molecule has 0 aromatic carbocycles. The second kappa shape index (κ2) is 3.18. The van der Waals surface area contributed by atoms with Crippen molar-refractivity contribution in [3.63, 3.8) is 0 Å². The van der Waals surface area contributed by atoms with Crippen LogP contribution in [0.15, 0.2) is 0 Å². The highest BCUT2D eigenvalue weighted by Gasteiger charge is 2.43. The Balaban J connectivity index is 2.13. The Morgan fingerprint density at radius 3 is 2.77 bits per heavy atom. The predicted octanol–water partition coefficient (Wildman–Crippen LogP) is 0.900. The molecule has 2 N–H and O–H groups in total. The van der Waals surface area contributed by atoms with E-state index in [1.54, 1.807) is 0 Å². The Labute approximate surface area is 77.2 Å². The van der Waals surface area contributed by atoms with E-state index in [0.717, 1.165) is 25.7 Å². The third-order valence-corrected chi connectivity index (χ3v) is 3.30. The van der Waals surface area contributed by atoms with Gasteiger partial charge in [-0.15, -0.1) is 0 Å². The number of hydrogen-bond donors (Lipinski definition) is 2. The summed E-state index contributed by atoms with van der Waals surface area (Å²) in [5.74, 6) is 0.403. The van der Waals surface area contributed by atoms with Gasteiger partial charge in [-0.2, -0.15) is 0 Å². The van der Waals surface area contributed by atoms with Gasteiger partial charge in [0.2, 0.25) is 0 Å². The lowest BCUT2D eigenvalue weighted by molar-refractivity contribution is 0.0265. The first-order valence-electron chi connectivity index (χ1n) is 4.88. The monoisotopic (exact) mass is 185 g/mol. The van der Waals surface area contributed by atoms with Crippen LogP contribution in [0.3, 0.4) is 0 Å². The Kier molecular flexibility index (Phi) is 2.15. The molecular weight excluding hydrogens is 170 g/mol. The summed E-state index contributed by atoms with van der Waals surface area (Å²) in [6.07, 6.45) is 2.48. The molecule has 1 aliphatic heterocycles. The number of hydrogen-bond acceptors (Lipinski definition) is 2. The summed E-state index contributed by atoms with van der Waals surface area (Å²) in [5.41, 5.74) is 0. The molecule has 1 saturated carbocycles. The molecule has 2 rings (SSSR count). The summed E-state index contributed by atoms with van der Waals surface area (Å²) < 4.78 is 0. The minimum atomic E-state index is -0.881. The largest absolute Gasteiger partial charge is 0.465 e.